The van der Waals surface area contributed by atoms with Crippen LogP contribution in [0, 0.1) is 10.1 Å². The van der Waals surface area contributed by atoms with Gasteiger partial charge < -0.3 is 9.15 Å². The summed E-state index contributed by atoms with van der Waals surface area (Å²) in [5.74, 6) is 0.460. The zero-order chi connectivity index (χ0) is 20.4. The summed E-state index contributed by atoms with van der Waals surface area (Å²) >= 11 is 0. The topological polar surface area (TPSA) is 98.2 Å². The van der Waals surface area contributed by atoms with E-state index in [0.29, 0.717) is 23.4 Å². The fourth-order valence-corrected chi connectivity index (χ4v) is 3.27. The summed E-state index contributed by atoms with van der Waals surface area (Å²) in [5, 5.41) is 17.0. The second-order valence-corrected chi connectivity index (χ2v) is 6.47. The van der Waals surface area contributed by atoms with Gasteiger partial charge in [0, 0.05) is 18.6 Å². The molecule has 0 spiro atoms. The number of nitrogens with zero attached hydrogens (tertiary/aromatic N) is 3. The Hall–Kier alpha value is -3.94. The average Bonchev–Trinajstić information content (AvgIpc) is 3.44. The van der Waals surface area contributed by atoms with Gasteiger partial charge in [-0.3, -0.25) is 14.9 Å². The lowest BCUT2D eigenvalue weighted by Gasteiger charge is -2.20. The van der Waals surface area contributed by atoms with Crippen molar-refractivity contribution < 1.29 is 18.9 Å². The number of benzene rings is 2. The Morgan fingerprint density at radius 1 is 1.21 bits per heavy atom. The number of carbonyl (C=O) groups is 1. The lowest BCUT2D eigenvalue weighted by molar-refractivity contribution is -0.384. The number of rotatable bonds is 5. The minimum atomic E-state index is -0.482. The number of carbonyl (C=O) groups excluding carboxylic acids is 1. The first-order chi connectivity index (χ1) is 14.1. The zero-order valence-corrected chi connectivity index (χ0v) is 15.5. The van der Waals surface area contributed by atoms with Gasteiger partial charge in [-0.2, -0.15) is 5.10 Å². The molecule has 0 radical (unpaired) electrons. The van der Waals surface area contributed by atoms with Crippen molar-refractivity contribution in [2.75, 3.05) is 7.11 Å². The van der Waals surface area contributed by atoms with Crippen LogP contribution in [0.15, 0.2) is 76.4 Å². The molecule has 0 saturated heterocycles. The van der Waals surface area contributed by atoms with Crippen molar-refractivity contribution in [2.24, 2.45) is 5.10 Å². The molecular formula is C21H17N3O5. The number of hydrazone groups is 1. The SMILES string of the molecule is COc1ccc(C2=NN(C(=O)c3ccco3)C(c3cccc([N+](=O)[O-])c3)C2)cc1. The molecule has 8 nitrogen and oxygen atoms in total. The molecule has 29 heavy (non-hydrogen) atoms. The molecule has 3 aromatic rings. The molecule has 1 atom stereocenters. The quantitative estimate of drug-likeness (QED) is 0.480. The molecule has 1 unspecified atom stereocenters. The number of amides is 1. The first-order valence-corrected chi connectivity index (χ1v) is 8.90. The highest BCUT2D eigenvalue weighted by Gasteiger charge is 2.35. The predicted octanol–water partition coefficient (Wildman–Crippen LogP) is 4.19. The van der Waals surface area contributed by atoms with E-state index in [-0.39, 0.29) is 11.4 Å². The summed E-state index contributed by atoms with van der Waals surface area (Å²) in [4.78, 5) is 23.7. The first kappa shape index (κ1) is 18.4. The maximum absolute atomic E-state index is 13.0. The van der Waals surface area contributed by atoms with Crippen LogP contribution < -0.4 is 4.74 Å². The van der Waals surface area contributed by atoms with E-state index in [0.717, 1.165) is 5.56 Å². The smallest absolute Gasteiger partial charge is 0.310 e. The van der Waals surface area contributed by atoms with Crippen molar-refractivity contribution in [3.8, 4) is 5.75 Å². The highest BCUT2D eigenvalue weighted by Crippen LogP contribution is 2.35. The molecular weight excluding hydrogens is 374 g/mol. The van der Waals surface area contributed by atoms with Crippen molar-refractivity contribution in [3.63, 3.8) is 0 Å². The van der Waals surface area contributed by atoms with E-state index in [1.165, 1.54) is 23.4 Å². The zero-order valence-electron chi connectivity index (χ0n) is 15.5. The van der Waals surface area contributed by atoms with Crippen LogP contribution in [0.4, 0.5) is 5.69 Å². The van der Waals surface area contributed by atoms with Crippen molar-refractivity contribution >= 4 is 17.3 Å². The monoisotopic (exact) mass is 391 g/mol. The van der Waals surface area contributed by atoms with Gasteiger partial charge in [0.05, 0.1) is 30.0 Å². The van der Waals surface area contributed by atoms with Crippen LogP contribution in [0.2, 0.25) is 0 Å². The highest BCUT2D eigenvalue weighted by molar-refractivity contribution is 6.04. The van der Waals surface area contributed by atoms with Crippen molar-refractivity contribution in [2.45, 2.75) is 12.5 Å². The fraction of sp³-hybridized carbons (Fsp3) is 0.143. The van der Waals surface area contributed by atoms with E-state index in [9.17, 15) is 14.9 Å². The second kappa shape index (κ2) is 7.59. The molecule has 0 N–H and O–H groups in total. The minimum Gasteiger partial charge on any atom is -0.497 e. The lowest BCUT2D eigenvalue weighted by atomic mass is 9.98. The van der Waals surface area contributed by atoms with Crippen LogP contribution in [0.3, 0.4) is 0 Å². The Balaban J connectivity index is 1.72. The molecule has 1 amide bonds. The van der Waals surface area contributed by atoms with Crippen LogP contribution in [-0.4, -0.2) is 28.7 Å². The molecule has 146 valence electrons. The molecule has 2 aromatic carbocycles. The first-order valence-electron chi connectivity index (χ1n) is 8.90. The maximum atomic E-state index is 13.0. The summed E-state index contributed by atoms with van der Waals surface area (Å²) in [6, 6.07) is 16.3. The molecule has 0 aliphatic carbocycles. The van der Waals surface area contributed by atoms with Crippen LogP contribution in [0.1, 0.15) is 34.1 Å². The molecule has 4 rings (SSSR count). The largest absolute Gasteiger partial charge is 0.497 e. The number of hydrogen-bond acceptors (Lipinski definition) is 6. The maximum Gasteiger partial charge on any atom is 0.310 e. The minimum absolute atomic E-state index is 0.0363. The number of hydrogen-bond donors (Lipinski definition) is 0. The summed E-state index contributed by atoms with van der Waals surface area (Å²) < 4.78 is 10.4. The van der Waals surface area contributed by atoms with E-state index in [1.807, 2.05) is 24.3 Å². The van der Waals surface area contributed by atoms with Gasteiger partial charge in [-0.25, -0.2) is 5.01 Å². The van der Waals surface area contributed by atoms with Crippen molar-refractivity contribution in [1.82, 2.24) is 5.01 Å². The van der Waals surface area contributed by atoms with Crippen LogP contribution in [0.5, 0.6) is 5.75 Å². The van der Waals surface area contributed by atoms with Gasteiger partial charge >= 0.3 is 5.91 Å². The van der Waals surface area contributed by atoms with Gasteiger partial charge in [0.1, 0.15) is 5.75 Å². The normalized spacial score (nSPS) is 15.8. The van der Waals surface area contributed by atoms with Gasteiger partial charge in [-0.05, 0) is 47.5 Å². The molecule has 0 saturated carbocycles. The van der Waals surface area contributed by atoms with Crippen LogP contribution in [-0.2, 0) is 0 Å². The third-order valence-electron chi connectivity index (χ3n) is 4.74. The Bertz CT molecular complexity index is 1070. The molecule has 8 heteroatoms. The highest BCUT2D eigenvalue weighted by atomic mass is 16.6. The summed E-state index contributed by atoms with van der Waals surface area (Å²) in [6.45, 7) is 0. The van der Waals surface area contributed by atoms with Gasteiger partial charge in [0.25, 0.3) is 5.69 Å². The van der Waals surface area contributed by atoms with Crippen molar-refractivity contribution in [3.05, 3.63) is 93.9 Å². The number of ether oxygens (including phenoxy) is 1. The Labute approximate surface area is 166 Å². The van der Waals surface area contributed by atoms with Crippen molar-refractivity contribution in [1.29, 1.82) is 0 Å². The number of furan rings is 1. The summed E-state index contributed by atoms with van der Waals surface area (Å²) in [7, 11) is 1.59. The van der Waals surface area contributed by atoms with E-state index >= 15 is 0 Å². The number of nitro benzene ring substituents is 1. The van der Waals surface area contributed by atoms with E-state index in [1.54, 1.807) is 31.4 Å². The number of nitro groups is 1. The molecule has 1 aliphatic heterocycles. The molecule has 0 fully saturated rings. The van der Waals surface area contributed by atoms with Crippen LogP contribution in [0.25, 0.3) is 0 Å². The average molecular weight is 391 g/mol. The standard InChI is InChI=1S/C21H17N3O5/c1-28-17-9-7-14(8-10-17)18-13-19(15-4-2-5-16(12-15)24(26)27)23(22-18)21(25)20-6-3-11-29-20/h2-12,19H,13H2,1H3. The Morgan fingerprint density at radius 2 is 2.00 bits per heavy atom. The lowest BCUT2D eigenvalue weighted by Crippen LogP contribution is -2.26. The van der Waals surface area contributed by atoms with Gasteiger partial charge in [0.15, 0.2) is 5.76 Å². The second-order valence-electron chi connectivity index (χ2n) is 6.47. The predicted molar refractivity (Wildman–Crippen MR) is 105 cm³/mol. The fourth-order valence-electron chi connectivity index (χ4n) is 3.27. The molecule has 2 heterocycles. The van der Waals surface area contributed by atoms with E-state index < -0.39 is 16.9 Å². The van der Waals surface area contributed by atoms with E-state index in [2.05, 4.69) is 5.10 Å². The van der Waals surface area contributed by atoms with Gasteiger partial charge in [-0.1, -0.05) is 12.1 Å². The van der Waals surface area contributed by atoms with Gasteiger partial charge in [-0.15, -0.1) is 0 Å². The van der Waals surface area contributed by atoms with Gasteiger partial charge in [0.2, 0.25) is 0 Å². The van der Waals surface area contributed by atoms with E-state index in [4.69, 9.17) is 9.15 Å². The number of methoxy groups -OCH3 is 1. The third kappa shape index (κ3) is 3.60. The number of non-ortho nitro benzene ring substituents is 1. The third-order valence-corrected chi connectivity index (χ3v) is 4.74. The Kier molecular flexibility index (Phi) is 4.82. The molecule has 0 bridgehead atoms. The summed E-state index contributed by atoms with van der Waals surface area (Å²) in [6.07, 6.45) is 1.83. The Morgan fingerprint density at radius 3 is 2.66 bits per heavy atom. The van der Waals surface area contributed by atoms with Crippen LogP contribution >= 0.6 is 0 Å². The molecule has 1 aliphatic rings. The molecule has 1 aromatic heterocycles. The summed E-state index contributed by atoms with van der Waals surface area (Å²) in [5.41, 5.74) is 2.14.